The molecule has 1 fully saturated rings. The van der Waals surface area contributed by atoms with E-state index in [0.717, 1.165) is 11.8 Å². The summed E-state index contributed by atoms with van der Waals surface area (Å²) in [5.74, 6) is 2.02. The summed E-state index contributed by atoms with van der Waals surface area (Å²) in [6.07, 6.45) is 15.8. The van der Waals surface area contributed by atoms with Gasteiger partial charge in [0.25, 0.3) is 0 Å². The molecule has 1 heteroatoms. The van der Waals surface area contributed by atoms with Crippen LogP contribution in [0.1, 0.15) is 84.5 Å². The van der Waals surface area contributed by atoms with Gasteiger partial charge in [-0.1, -0.05) is 65.2 Å². The third kappa shape index (κ3) is 7.41. The van der Waals surface area contributed by atoms with Crippen LogP contribution in [-0.4, -0.2) is 13.1 Å². The first-order chi connectivity index (χ1) is 8.86. The zero-order chi connectivity index (χ0) is 13.1. The molecule has 0 amide bonds. The Labute approximate surface area is 115 Å². The van der Waals surface area contributed by atoms with Crippen molar-refractivity contribution >= 4 is 0 Å². The van der Waals surface area contributed by atoms with Gasteiger partial charge in [0.1, 0.15) is 0 Å². The molecule has 0 aromatic rings. The molecule has 0 aromatic carbocycles. The largest absolute Gasteiger partial charge is 0.316 e. The molecule has 1 rings (SSSR count). The predicted octanol–water partition coefficient (Wildman–Crippen LogP) is 5.15. The van der Waals surface area contributed by atoms with Gasteiger partial charge in [-0.25, -0.2) is 0 Å². The normalized spacial score (nSPS) is 24.3. The van der Waals surface area contributed by atoms with Crippen molar-refractivity contribution in [1.29, 1.82) is 0 Å². The molecule has 18 heavy (non-hydrogen) atoms. The maximum absolute atomic E-state index is 3.68. The van der Waals surface area contributed by atoms with E-state index in [4.69, 9.17) is 0 Å². The fraction of sp³-hybridized carbons (Fsp3) is 1.00. The molecule has 0 heterocycles. The lowest BCUT2D eigenvalue weighted by molar-refractivity contribution is 0.262. The van der Waals surface area contributed by atoms with Crippen LogP contribution in [0.25, 0.3) is 0 Å². The molecular weight excluding hydrogens is 218 g/mol. The van der Waals surface area contributed by atoms with Gasteiger partial charge in [0.15, 0.2) is 0 Å². The molecule has 0 unspecified atom stereocenters. The minimum atomic E-state index is 0.980. The van der Waals surface area contributed by atoms with Crippen molar-refractivity contribution in [3.63, 3.8) is 0 Å². The Morgan fingerprint density at radius 2 is 1.39 bits per heavy atom. The van der Waals surface area contributed by atoms with E-state index in [1.807, 2.05) is 0 Å². The Hall–Kier alpha value is -0.0400. The van der Waals surface area contributed by atoms with Crippen LogP contribution >= 0.6 is 0 Å². The fourth-order valence-electron chi connectivity index (χ4n) is 3.18. The summed E-state index contributed by atoms with van der Waals surface area (Å²) in [5, 5.41) is 3.68. The summed E-state index contributed by atoms with van der Waals surface area (Å²) in [6, 6.07) is 0. The molecule has 108 valence electrons. The maximum atomic E-state index is 3.68. The van der Waals surface area contributed by atoms with Gasteiger partial charge < -0.3 is 5.32 Å². The number of hydrogen-bond donors (Lipinski definition) is 1. The first-order valence-electron chi connectivity index (χ1n) is 8.57. The average molecular weight is 253 g/mol. The Kier molecular flexibility index (Phi) is 9.65. The zero-order valence-electron chi connectivity index (χ0n) is 12.8. The van der Waals surface area contributed by atoms with Gasteiger partial charge in [0, 0.05) is 0 Å². The molecule has 0 spiro atoms. The monoisotopic (exact) mass is 253 g/mol. The highest BCUT2D eigenvalue weighted by atomic mass is 14.9. The van der Waals surface area contributed by atoms with Crippen LogP contribution in [0.2, 0.25) is 0 Å². The summed E-state index contributed by atoms with van der Waals surface area (Å²) >= 11 is 0. The highest BCUT2D eigenvalue weighted by Crippen LogP contribution is 2.29. The zero-order valence-corrected chi connectivity index (χ0v) is 12.8. The van der Waals surface area contributed by atoms with Crippen molar-refractivity contribution in [1.82, 2.24) is 5.32 Å². The molecule has 0 atom stereocenters. The molecule has 1 saturated carbocycles. The third-order valence-corrected chi connectivity index (χ3v) is 4.68. The van der Waals surface area contributed by atoms with Gasteiger partial charge in [0.05, 0.1) is 0 Å². The first-order valence-corrected chi connectivity index (χ1v) is 8.57. The van der Waals surface area contributed by atoms with Gasteiger partial charge in [-0.15, -0.1) is 0 Å². The van der Waals surface area contributed by atoms with E-state index in [1.54, 1.807) is 0 Å². The molecule has 1 N–H and O–H groups in total. The number of rotatable bonds is 10. The lowest BCUT2D eigenvalue weighted by Gasteiger charge is -2.27. The van der Waals surface area contributed by atoms with E-state index < -0.39 is 0 Å². The lowest BCUT2D eigenvalue weighted by atomic mass is 9.81. The van der Waals surface area contributed by atoms with Crippen LogP contribution in [0.4, 0.5) is 0 Å². The number of nitrogens with one attached hydrogen (secondary N) is 1. The predicted molar refractivity (Wildman–Crippen MR) is 82.0 cm³/mol. The van der Waals surface area contributed by atoms with Crippen molar-refractivity contribution < 1.29 is 0 Å². The Morgan fingerprint density at radius 1 is 0.778 bits per heavy atom. The quantitative estimate of drug-likeness (QED) is 0.531. The van der Waals surface area contributed by atoms with Crippen molar-refractivity contribution in [3.8, 4) is 0 Å². The summed E-state index contributed by atoms with van der Waals surface area (Å²) in [4.78, 5) is 0. The van der Waals surface area contributed by atoms with Crippen LogP contribution in [-0.2, 0) is 0 Å². The summed E-state index contributed by atoms with van der Waals surface area (Å²) in [6.45, 7) is 7.17. The van der Waals surface area contributed by atoms with Crippen LogP contribution in [0.15, 0.2) is 0 Å². The highest BCUT2D eigenvalue weighted by molar-refractivity contribution is 4.73. The third-order valence-electron chi connectivity index (χ3n) is 4.68. The van der Waals surface area contributed by atoms with Crippen LogP contribution in [0, 0.1) is 11.8 Å². The van der Waals surface area contributed by atoms with E-state index in [2.05, 4.69) is 19.2 Å². The molecule has 0 aliphatic heterocycles. The Balaban J connectivity index is 1.84. The van der Waals surface area contributed by atoms with E-state index in [9.17, 15) is 0 Å². The standard InChI is InChI=1S/C17H35N/c1-3-5-6-7-8-9-14-18-15-17-12-10-16(4-2)11-13-17/h16-18H,3-15H2,1-2H3. The minimum absolute atomic E-state index is 0.980. The molecule has 0 radical (unpaired) electrons. The Bertz CT molecular complexity index is 170. The molecule has 0 saturated heterocycles. The number of hydrogen-bond acceptors (Lipinski definition) is 1. The molecule has 0 aromatic heterocycles. The SMILES string of the molecule is CCCCCCCCNCC1CCC(CC)CC1. The van der Waals surface area contributed by atoms with E-state index in [0.29, 0.717) is 0 Å². The molecule has 1 aliphatic carbocycles. The molecular formula is C17H35N. The molecule has 1 aliphatic rings. The van der Waals surface area contributed by atoms with Crippen molar-refractivity contribution in [2.75, 3.05) is 13.1 Å². The topological polar surface area (TPSA) is 12.0 Å². The fourth-order valence-corrected chi connectivity index (χ4v) is 3.18. The van der Waals surface area contributed by atoms with Gasteiger partial charge in [-0.2, -0.15) is 0 Å². The van der Waals surface area contributed by atoms with E-state index >= 15 is 0 Å². The highest BCUT2D eigenvalue weighted by Gasteiger charge is 2.19. The van der Waals surface area contributed by atoms with Crippen LogP contribution < -0.4 is 5.32 Å². The second-order valence-electron chi connectivity index (χ2n) is 6.27. The summed E-state index contributed by atoms with van der Waals surface area (Å²) in [5.41, 5.74) is 0. The second-order valence-corrected chi connectivity index (χ2v) is 6.27. The van der Waals surface area contributed by atoms with Gasteiger partial charge in [-0.05, 0) is 44.2 Å². The average Bonchev–Trinajstić information content (AvgIpc) is 2.42. The minimum Gasteiger partial charge on any atom is -0.316 e. The van der Waals surface area contributed by atoms with Crippen molar-refractivity contribution in [2.24, 2.45) is 11.8 Å². The van der Waals surface area contributed by atoms with Crippen molar-refractivity contribution in [2.45, 2.75) is 84.5 Å². The maximum Gasteiger partial charge on any atom is -0.00205 e. The smallest absolute Gasteiger partial charge is 0.00205 e. The lowest BCUT2D eigenvalue weighted by Crippen LogP contribution is -2.27. The van der Waals surface area contributed by atoms with Gasteiger partial charge in [0.2, 0.25) is 0 Å². The summed E-state index contributed by atoms with van der Waals surface area (Å²) < 4.78 is 0. The first kappa shape index (κ1) is 16.0. The van der Waals surface area contributed by atoms with Crippen LogP contribution in [0.5, 0.6) is 0 Å². The van der Waals surface area contributed by atoms with E-state index in [1.165, 1.54) is 83.7 Å². The van der Waals surface area contributed by atoms with Crippen molar-refractivity contribution in [3.05, 3.63) is 0 Å². The van der Waals surface area contributed by atoms with Gasteiger partial charge in [-0.3, -0.25) is 0 Å². The van der Waals surface area contributed by atoms with Gasteiger partial charge >= 0.3 is 0 Å². The Morgan fingerprint density at radius 3 is 2.06 bits per heavy atom. The number of unbranched alkanes of at least 4 members (excludes halogenated alkanes) is 5. The van der Waals surface area contributed by atoms with E-state index in [-0.39, 0.29) is 0 Å². The van der Waals surface area contributed by atoms with Crippen LogP contribution in [0.3, 0.4) is 0 Å². The molecule has 0 bridgehead atoms. The summed E-state index contributed by atoms with van der Waals surface area (Å²) in [7, 11) is 0. The molecule has 1 nitrogen and oxygen atoms in total. The second kappa shape index (κ2) is 10.8.